The second kappa shape index (κ2) is 9.13. The van der Waals surface area contributed by atoms with Crippen molar-refractivity contribution in [2.75, 3.05) is 22.4 Å². The Hall–Kier alpha value is -3.16. The van der Waals surface area contributed by atoms with E-state index in [2.05, 4.69) is 5.10 Å². The van der Waals surface area contributed by atoms with Crippen LogP contribution in [0.5, 0.6) is 11.6 Å². The van der Waals surface area contributed by atoms with Gasteiger partial charge in [0.1, 0.15) is 17.4 Å². The van der Waals surface area contributed by atoms with Crippen molar-refractivity contribution in [3.05, 3.63) is 24.4 Å². The predicted molar refractivity (Wildman–Crippen MR) is 121 cm³/mol. The van der Waals surface area contributed by atoms with Gasteiger partial charge in [0.05, 0.1) is 24.5 Å². The highest BCUT2D eigenvalue weighted by molar-refractivity contribution is 7.93. The van der Waals surface area contributed by atoms with Crippen LogP contribution in [0.2, 0.25) is 0 Å². The highest BCUT2D eigenvalue weighted by atomic mass is 32.2. The molecule has 1 aromatic carbocycles. The number of aryl methyl sites for hydroxylation is 1. The minimum Gasteiger partial charge on any atom is -0.487 e. The van der Waals surface area contributed by atoms with Crippen LogP contribution >= 0.6 is 0 Å². The largest absolute Gasteiger partial charge is 0.487 e. The topological polar surface area (TPSA) is 114 Å². The van der Waals surface area contributed by atoms with E-state index in [4.69, 9.17) is 9.47 Å². The van der Waals surface area contributed by atoms with Crippen LogP contribution in [0.4, 0.5) is 29.3 Å². The smallest absolute Gasteiger partial charge is 0.412 e. The minimum atomic E-state index is -4.90. The van der Waals surface area contributed by atoms with Gasteiger partial charge in [0.2, 0.25) is 0 Å². The van der Waals surface area contributed by atoms with Crippen molar-refractivity contribution in [2.45, 2.75) is 63.9 Å². The second-order valence-corrected chi connectivity index (χ2v) is 10.2. The fourth-order valence-corrected chi connectivity index (χ4v) is 5.25. The summed E-state index contributed by atoms with van der Waals surface area (Å²) < 4.78 is 82.0. The van der Waals surface area contributed by atoms with Crippen LogP contribution in [-0.4, -0.2) is 60.4 Å². The molecule has 0 unspecified atom stereocenters. The summed E-state index contributed by atoms with van der Waals surface area (Å²) in [5.74, 6) is -0.0383. The van der Waals surface area contributed by atoms with Gasteiger partial charge in [-0.25, -0.2) is 13.2 Å². The average Bonchev–Trinajstić information content (AvgIpc) is 3.16. The van der Waals surface area contributed by atoms with E-state index >= 15 is 0 Å². The molecule has 2 heterocycles. The van der Waals surface area contributed by atoms with Gasteiger partial charge in [-0.05, 0) is 52.8 Å². The van der Waals surface area contributed by atoms with E-state index in [1.165, 1.54) is 16.9 Å². The molecule has 0 bridgehead atoms. The molecule has 0 fully saturated rings. The Labute approximate surface area is 200 Å². The zero-order chi connectivity index (χ0) is 26.3. The molecule has 2 aromatic rings. The third kappa shape index (κ3) is 4.70. The number of alkyl halides is 3. The van der Waals surface area contributed by atoms with Crippen molar-refractivity contribution in [3.8, 4) is 11.6 Å². The van der Waals surface area contributed by atoms with Crippen molar-refractivity contribution in [3.63, 3.8) is 0 Å². The first-order valence-corrected chi connectivity index (χ1v) is 12.2. The summed E-state index contributed by atoms with van der Waals surface area (Å²) in [4.78, 5) is 11.8. The third-order valence-electron chi connectivity index (χ3n) is 5.53. The fraction of sp³-hybridized carbons (Fsp3) is 0.524. The van der Waals surface area contributed by atoms with Gasteiger partial charge in [-0.2, -0.15) is 13.2 Å². The Balaban J connectivity index is 2.19. The Bertz CT molecular complexity index is 1210. The summed E-state index contributed by atoms with van der Waals surface area (Å²) in [5.41, 5.74) is -3.27. The number of aromatic nitrogens is 2. The number of hydrogen-bond donors (Lipinski definition) is 1. The third-order valence-corrected chi connectivity index (χ3v) is 7.30. The molecule has 1 aliphatic rings. The van der Waals surface area contributed by atoms with E-state index in [1.54, 1.807) is 20.8 Å². The molecule has 14 heteroatoms. The molecular formula is C21H27F3N4O6S. The standard InChI is InChI=1S/C21H27F3N4O6S/c1-6-26-12-17(18(25-26)33-7-2)35(31,32)27-11-13(3)34-16-9-8-14(10-15(16)27)28(19(29)30)20(4,5)21(22,23)24/h8-10,12-13H,6-7,11H2,1-5H3,(H,29,30)/t13-/m0/s1. The van der Waals surface area contributed by atoms with Crippen molar-refractivity contribution >= 4 is 27.5 Å². The maximum absolute atomic E-state index is 13.7. The zero-order valence-electron chi connectivity index (χ0n) is 19.8. The monoisotopic (exact) mass is 520 g/mol. The van der Waals surface area contributed by atoms with E-state index in [1.807, 2.05) is 0 Å². The van der Waals surface area contributed by atoms with Gasteiger partial charge in [-0.3, -0.25) is 13.9 Å². The summed E-state index contributed by atoms with van der Waals surface area (Å²) in [6, 6.07) is 3.46. The molecular weight excluding hydrogens is 493 g/mol. The van der Waals surface area contributed by atoms with Crippen molar-refractivity contribution in [1.29, 1.82) is 0 Å². The summed E-state index contributed by atoms with van der Waals surface area (Å²) >= 11 is 0. The lowest BCUT2D eigenvalue weighted by Crippen LogP contribution is -2.57. The van der Waals surface area contributed by atoms with E-state index in [-0.39, 0.29) is 46.0 Å². The summed E-state index contributed by atoms with van der Waals surface area (Å²) in [5, 5.41) is 13.8. The molecule has 1 atom stereocenters. The van der Waals surface area contributed by atoms with Crippen LogP contribution in [0.25, 0.3) is 0 Å². The number of carbonyl (C=O) groups is 1. The number of halogens is 3. The van der Waals surface area contributed by atoms with E-state index in [0.717, 1.165) is 30.3 Å². The molecule has 1 aliphatic heterocycles. The van der Waals surface area contributed by atoms with Crippen LogP contribution in [0.15, 0.2) is 29.3 Å². The lowest BCUT2D eigenvalue weighted by atomic mass is 10.0. The fourth-order valence-electron chi connectivity index (χ4n) is 3.63. The molecule has 194 valence electrons. The number of benzene rings is 1. The van der Waals surface area contributed by atoms with Crippen LogP contribution in [0, 0.1) is 0 Å². The van der Waals surface area contributed by atoms with Gasteiger partial charge in [0.15, 0.2) is 4.90 Å². The zero-order valence-corrected chi connectivity index (χ0v) is 20.6. The molecule has 0 aliphatic carbocycles. The summed E-state index contributed by atoms with van der Waals surface area (Å²) in [7, 11) is -4.32. The summed E-state index contributed by atoms with van der Waals surface area (Å²) in [6.07, 6.45) is -6.05. The Morgan fingerprint density at radius 2 is 1.97 bits per heavy atom. The average molecular weight is 521 g/mol. The Kier molecular flexibility index (Phi) is 6.90. The molecule has 0 saturated heterocycles. The van der Waals surface area contributed by atoms with Gasteiger partial charge in [0, 0.05) is 12.7 Å². The number of hydrogen-bond acceptors (Lipinski definition) is 6. The minimum absolute atomic E-state index is 0.0760. The SMILES string of the molecule is CCOc1nn(CC)cc1S(=O)(=O)N1C[C@H](C)Oc2ccc(N(C(=O)O)C(C)(C)C(F)(F)F)cc21. The molecule has 0 saturated carbocycles. The van der Waals surface area contributed by atoms with Gasteiger partial charge in [-0.15, -0.1) is 5.10 Å². The number of ether oxygens (including phenoxy) is 2. The van der Waals surface area contributed by atoms with Gasteiger partial charge in [-0.1, -0.05) is 0 Å². The van der Waals surface area contributed by atoms with E-state index < -0.39 is 33.9 Å². The van der Waals surface area contributed by atoms with Crippen LogP contribution in [0.1, 0.15) is 34.6 Å². The van der Waals surface area contributed by atoms with Crippen molar-refractivity contribution in [1.82, 2.24) is 9.78 Å². The molecule has 1 N–H and O–H groups in total. The maximum Gasteiger partial charge on any atom is 0.412 e. The predicted octanol–water partition coefficient (Wildman–Crippen LogP) is 4.10. The Morgan fingerprint density at radius 1 is 1.31 bits per heavy atom. The summed E-state index contributed by atoms with van der Waals surface area (Å²) in [6.45, 7) is 6.87. The molecule has 35 heavy (non-hydrogen) atoms. The highest BCUT2D eigenvalue weighted by Gasteiger charge is 2.54. The lowest BCUT2D eigenvalue weighted by Gasteiger charge is -2.39. The number of amides is 1. The number of sulfonamides is 1. The number of rotatable bonds is 7. The van der Waals surface area contributed by atoms with Gasteiger partial charge in [0.25, 0.3) is 15.9 Å². The molecule has 3 rings (SSSR count). The number of carboxylic acid groups (broad SMARTS) is 1. The van der Waals surface area contributed by atoms with Crippen LogP contribution in [0.3, 0.4) is 0 Å². The molecule has 1 amide bonds. The highest BCUT2D eigenvalue weighted by Crippen LogP contribution is 2.44. The van der Waals surface area contributed by atoms with Gasteiger partial charge < -0.3 is 14.6 Å². The quantitative estimate of drug-likeness (QED) is 0.585. The van der Waals surface area contributed by atoms with E-state index in [0.29, 0.717) is 6.54 Å². The molecule has 10 nitrogen and oxygen atoms in total. The van der Waals surface area contributed by atoms with Crippen LogP contribution in [-0.2, 0) is 16.6 Å². The van der Waals surface area contributed by atoms with Crippen LogP contribution < -0.4 is 18.7 Å². The van der Waals surface area contributed by atoms with Crippen molar-refractivity contribution < 1.29 is 41.0 Å². The molecule has 1 aromatic heterocycles. The number of anilines is 2. The molecule has 0 radical (unpaired) electrons. The first-order chi connectivity index (χ1) is 16.1. The number of fused-ring (bicyclic) bond motifs is 1. The normalized spacial score (nSPS) is 16.5. The first-order valence-electron chi connectivity index (χ1n) is 10.8. The van der Waals surface area contributed by atoms with E-state index in [9.17, 15) is 31.5 Å². The second-order valence-electron chi connectivity index (χ2n) is 8.38. The first kappa shape index (κ1) is 26.4. The lowest BCUT2D eigenvalue weighted by molar-refractivity contribution is -0.175. The molecule has 0 spiro atoms. The maximum atomic E-state index is 13.7. The van der Waals surface area contributed by atoms with Crippen molar-refractivity contribution in [2.24, 2.45) is 0 Å². The number of nitrogens with zero attached hydrogens (tertiary/aromatic N) is 4. The van der Waals surface area contributed by atoms with Gasteiger partial charge >= 0.3 is 12.3 Å². The Morgan fingerprint density at radius 3 is 2.51 bits per heavy atom.